The van der Waals surface area contributed by atoms with Gasteiger partial charge in [0, 0.05) is 12.8 Å². The van der Waals surface area contributed by atoms with Crippen LogP contribution in [0.25, 0.3) is 0 Å². The maximum absolute atomic E-state index is 12.0. The van der Waals surface area contributed by atoms with Crippen molar-refractivity contribution in [1.29, 1.82) is 0 Å². The van der Waals surface area contributed by atoms with Gasteiger partial charge >= 0.3 is 0 Å². The van der Waals surface area contributed by atoms with Gasteiger partial charge in [0.05, 0.1) is 0 Å². The van der Waals surface area contributed by atoms with E-state index in [1.807, 2.05) is 0 Å². The molecule has 1 amide bonds. The number of carbonyl (C=O) groups is 1. The number of hydrogen-bond acceptors (Lipinski definition) is 4. The second-order valence-electron chi connectivity index (χ2n) is 6.08. The highest BCUT2D eigenvalue weighted by molar-refractivity contribution is 7.15. The first-order valence-corrected chi connectivity index (χ1v) is 8.44. The number of aromatic nitrogens is 2. The van der Waals surface area contributed by atoms with Crippen LogP contribution in [0.4, 0.5) is 5.13 Å². The summed E-state index contributed by atoms with van der Waals surface area (Å²) in [6.07, 6.45) is 2.11. The molecule has 0 saturated carbocycles. The lowest BCUT2D eigenvalue weighted by atomic mass is 10.0. The van der Waals surface area contributed by atoms with Crippen LogP contribution in [0, 0.1) is 19.8 Å². The zero-order chi connectivity index (χ0) is 16.1. The van der Waals surface area contributed by atoms with Gasteiger partial charge in [-0.25, -0.2) is 0 Å². The van der Waals surface area contributed by atoms with E-state index in [2.05, 4.69) is 61.4 Å². The Hall–Kier alpha value is -1.75. The molecule has 0 spiro atoms. The highest BCUT2D eigenvalue weighted by Crippen LogP contribution is 2.19. The maximum Gasteiger partial charge on any atom is 0.226 e. The molecular formula is C17H23N3OS. The third kappa shape index (κ3) is 4.91. The van der Waals surface area contributed by atoms with Crippen molar-refractivity contribution >= 4 is 22.4 Å². The van der Waals surface area contributed by atoms with Crippen molar-refractivity contribution in [2.75, 3.05) is 5.32 Å². The fourth-order valence-electron chi connectivity index (χ4n) is 2.29. The van der Waals surface area contributed by atoms with E-state index in [0.29, 0.717) is 17.5 Å². The van der Waals surface area contributed by atoms with Crippen LogP contribution < -0.4 is 5.32 Å². The van der Waals surface area contributed by atoms with Crippen molar-refractivity contribution in [1.82, 2.24) is 10.2 Å². The lowest BCUT2D eigenvalue weighted by molar-refractivity contribution is -0.116. The number of rotatable bonds is 6. The first-order valence-electron chi connectivity index (χ1n) is 7.62. The number of nitrogens with zero attached hydrogens (tertiary/aromatic N) is 2. The van der Waals surface area contributed by atoms with Crippen molar-refractivity contribution in [3.8, 4) is 0 Å². The lowest BCUT2D eigenvalue weighted by Gasteiger charge is -2.06. The molecule has 1 aromatic carbocycles. The predicted molar refractivity (Wildman–Crippen MR) is 91.3 cm³/mol. The lowest BCUT2D eigenvalue weighted by Crippen LogP contribution is -2.12. The fourth-order valence-corrected chi connectivity index (χ4v) is 3.26. The molecule has 2 rings (SSSR count). The number of hydrogen-bond donors (Lipinski definition) is 1. The molecule has 22 heavy (non-hydrogen) atoms. The van der Waals surface area contributed by atoms with Crippen LogP contribution in [0.2, 0.25) is 0 Å². The molecule has 5 heteroatoms. The Morgan fingerprint density at radius 1 is 1.27 bits per heavy atom. The summed E-state index contributed by atoms with van der Waals surface area (Å²) in [6.45, 7) is 8.45. The van der Waals surface area contributed by atoms with Crippen LogP contribution >= 0.6 is 11.3 Å². The van der Waals surface area contributed by atoms with Crippen LogP contribution in [0.1, 0.15) is 42.0 Å². The summed E-state index contributed by atoms with van der Waals surface area (Å²) in [5, 5.41) is 12.5. The minimum Gasteiger partial charge on any atom is -0.301 e. The Kier molecular flexibility index (Phi) is 5.66. The van der Waals surface area contributed by atoms with Gasteiger partial charge in [0.15, 0.2) is 0 Å². The van der Waals surface area contributed by atoms with E-state index < -0.39 is 0 Å². The average molecular weight is 317 g/mol. The number of aryl methyl sites for hydroxylation is 3. The van der Waals surface area contributed by atoms with Crippen molar-refractivity contribution in [2.45, 2.75) is 47.0 Å². The molecule has 0 aliphatic carbocycles. The standard InChI is InChI=1S/C17H23N3OS/c1-11(2)9-16-19-20-17(22-16)18-15(21)8-7-14-6-5-12(3)10-13(14)4/h5-6,10-11H,7-9H2,1-4H3,(H,18,20,21). The zero-order valence-corrected chi connectivity index (χ0v) is 14.5. The summed E-state index contributed by atoms with van der Waals surface area (Å²) in [7, 11) is 0. The highest BCUT2D eigenvalue weighted by atomic mass is 32.1. The molecule has 0 fully saturated rings. The molecule has 0 aliphatic heterocycles. The summed E-state index contributed by atoms with van der Waals surface area (Å²) in [5.74, 6) is 0.535. The quantitative estimate of drug-likeness (QED) is 0.878. The topological polar surface area (TPSA) is 54.9 Å². The summed E-state index contributed by atoms with van der Waals surface area (Å²) in [6, 6.07) is 6.34. The molecule has 118 valence electrons. The number of carbonyl (C=O) groups excluding carboxylic acids is 1. The van der Waals surface area contributed by atoms with Crippen LogP contribution in [0.3, 0.4) is 0 Å². The number of amides is 1. The highest BCUT2D eigenvalue weighted by Gasteiger charge is 2.10. The number of benzene rings is 1. The van der Waals surface area contributed by atoms with Crippen LogP contribution in [-0.4, -0.2) is 16.1 Å². The maximum atomic E-state index is 12.0. The predicted octanol–water partition coefficient (Wildman–Crippen LogP) is 3.92. The third-order valence-electron chi connectivity index (χ3n) is 3.42. The van der Waals surface area contributed by atoms with Gasteiger partial charge in [0.25, 0.3) is 0 Å². The van der Waals surface area contributed by atoms with Gasteiger partial charge in [0.1, 0.15) is 5.01 Å². The van der Waals surface area contributed by atoms with E-state index in [1.54, 1.807) is 0 Å². The SMILES string of the molecule is Cc1ccc(CCC(=O)Nc2nnc(CC(C)C)s2)c(C)c1. The molecule has 0 bridgehead atoms. The first-order chi connectivity index (χ1) is 10.4. The van der Waals surface area contributed by atoms with E-state index >= 15 is 0 Å². The molecule has 4 nitrogen and oxygen atoms in total. The second-order valence-corrected chi connectivity index (χ2v) is 7.14. The monoisotopic (exact) mass is 317 g/mol. The molecule has 0 unspecified atom stereocenters. The normalized spacial score (nSPS) is 11.0. The molecule has 0 radical (unpaired) electrons. The van der Waals surface area contributed by atoms with Gasteiger partial charge in [-0.2, -0.15) is 0 Å². The summed E-state index contributed by atoms with van der Waals surface area (Å²) < 4.78 is 0. The van der Waals surface area contributed by atoms with Crippen molar-refractivity contribution in [3.05, 3.63) is 39.9 Å². The Morgan fingerprint density at radius 3 is 2.73 bits per heavy atom. The smallest absolute Gasteiger partial charge is 0.226 e. The van der Waals surface area contributed by atoms with Gasteiger partial charge in [0.2, 0.25) is 11.0 Å². The van der Waals surface area contributed by atoms with Gasteiger partial charge in [-0.15, -0.1) is 10.2 Å². The van der Waals surface area contributed by atoms with Crippen molar-refractivity contribution < 1.29 is 4.79 Å². The Morgan fingerprint density at radius 2 is 2.05 bits per heavy atom. The van der Waals surface area contributed by atoms with E-state index in [9.17, 15) is 4.79 Å². The zero-order valence-electron chi connectivity index (χ0n) is 13.6. The molecule has 2 aromatic rings. The Bertz CT molecular complexity index is 649. The molecule has 1 aromatic heterocycles. The minimum atomic E-state index is -0.00720. The number of nitrogens with one attached hydrogen (secondary N) is 1. The fraction of sp³-hybridized carbons (Fsp3) is 0.471. The Labute approximate surface area is 136 Å². The largest absolute Gasteiger partial charge is 0.301 e. The van der Waals surface area contributed by atoms with Crippen molar-refractivity contribution in [2.24, 2.45) is 5.92 Å². The summed E-state index contributed by atoms with van der Waals surface area (Å²) in [5.41, 5.74) is 3.71. The van der Waals surface area contributed by atoms with Crippen LogP contribution in [0.15, 0.2) is 18.2 Å². The van der Waals surface area contributed by atoms with Gasteiger partial charge in [-0.05, 0) is 37.3 Å². The van der Waals surface area contributed by atoms with Crippen LogP contribution in [-0.2, 0) is 17.6 Å². The molecular weight excluding hydrogens is 294 g/mol. The summed E-state index contributed by atoms with van der Waals surface area (Å²) >= 11 is 1.46. The molecule has 1 N–H and O–H groups in total. The van der Waals surface area contributed by atoms with E-state index in [4.69, 9.17) is 0 Å². The van der Waals surface area contributed by atoms with Gasteiger partial charge in [-0.1, -0.05) is 48.9 Å². The average Bonchev–Trinajstić information content (AvgIpc) is 2.84. The summed E-state index contributed by atoms with van der Waals surface area (Å²) in [4.78, 5) is 12.0. The molecule has 0 atom stereocenters. The second kappa shape index (κ2) is 7.49. The van der Waals surface area contributed by atoms with Gasteiger partial charge < -0.3 is 5.32 Å². The molecule has 1 heterocycles. The molecule has 0 saturated heterocycles. The molecule has 0 aliphatic rings. The third-order valence-corrected chi connectivity index (χ3v) is 4.28. The first kappa shape index (κ1) is 16.6. The Balaban J connectivity index is 1.86. The van der Waals surface area contributed by atoms with E-state index in [-0.39, 0.29) is 5.91 Å². The van der Waals surface area contributed by atoms with Gasteiger partial charge in [-0.3, -0.25) is 4.79 Å². The van der Waals surface area contributed by atoms with E-state index in [0.717, 1.165) is 17.8 Å². The van der Waals surface area contributed by atoms with Crippen molar-refractivity contribution in [3.63, 3.8) is 0 Å². The van der Waals surface area contributed by atoms with E-state index in [1.165, 1.54) is 28.0 Å². The number of anilines is 1. The van der Waals surface area contributed by atoms with Crippen LogP contribution in [0.5, 0.6) is 0 Å². The minimum absolute atomic E-state index is 0.00720.